The van der Waals surface area contributed by atoms with Gasteiger partial charge in [0.25, 0.3) is 0 Å². The second kappa shape index (κ2) is 6.20. The fourth-order valence-corrected chi connectivity index (χ4v) is 6.26. The molecule has 5 heteroatoms. The predicted octanol–water partition coefficient (Wildman–Crippen LogP) is 5.70. The molecule has 6 aromatic rings. The average Bonchev–Trinajstić information content (AvgIpc) is 3.48. The highest BCUT2D eigenvalue weighted by Crippen LogP contribution is 2.55. The molecule has 5 nitrogen and oxygen atoms in total. The Labute approximate surface area is 206 Å². The van der Waals surface area contributed by atoms with Gasteiger partial charge in [0.15, 0.2) is 23.1 Å². The lowest BCUT2D eigenvalue weighted by Gasteiger charge is -2.31. The Kier molecular flexibility index (Phi) is 3.18. The van der Waals surface area contributed by atoms with Crippen LogP contribution in [0, 0.1) is 0 Å². The zero-order valence-electron chi connectivity index (χ0n) is 19.1. The maximum absolute atomic E-state index is 6.47. The van der Waals surface area contributed by atoms with Gasteiger partial charge in [-0.25, -0.2) is 0 Å². The number of hydrogen-bond donors (Lipinski definition) is 0. The molecule has 4 aromatic carbocycles. The van der Waals surface area contributed by atoms with Crippen molar-refractivity contribution < 1.29 is 18.7 Å². The summed E-state index contributed by atoms with van der Waals surface area (Å²) in [6, 6.07) is 33.6. The van der Waals surface area contributed by atoms with Crippen molar-refractivity contribution in [3.63, 3.8) is 0 Å². The van der Waals surface area contributed by atoms with Crippen molar-refractivity contribution in [3.05, 3.63) is 127 Å². The second-order valence-corrected chi connectivity index (χ2v) is 9.53. The molecule has 1 atom stereocenters. The number of nitrogens with zero attached hydrogens (tertiary/aromatic N) is 3. The molecule has 36 heavy (non-hydrogen) atoms. The van der Waals surface area contributed by atoms with Gasteiger partial charge in [0.1, 0.15) is 17.2 Å². The Morgan fingerprint density at radius 1 is 0.639 bits per heavy atom. The van der Waals surface area contributed by atoms with Crippen LogP contribution in [0.4, 0.5) is 0 Å². The summed E-state index contributed by atoms with van der Waals surface area (Å²) in [5, 5.41) is 2.47. The third-order valence-corrected chi connectivity index (χ3v) is 7.71. The van der Waals surface area contributed by atoms with Gasteiger partial charge in [-0.15, -0.1) is 4.68 Å². The summed E-state index contributed by atoms with van der Waals surface area (Å²) in [5.74, 6) is 3.28. The standard InChI is InChI=1S/C31H19N3O2/c1-2-8-21-17-22(15-14-20(21)7-1)23-18-33-24-9-5-10-25-29(24)31(34(33)19-23)30-26(35-25)11-6-12-27(30)36-28-13-3-4-16-32(28)31/h1-19H/q+2. The van der Waals surface area contributed by atoms with Crippen molar-refractivity contribution in [1.29, 1.82) is 0 Å². The predicted molar refractivity (Wildman–Crippen MR) is 134 cm³/mol. The largest absolute Gasteiger partial charge is 0.455 e. The molecule has 168 valence electrons. The summed E-state index contributed by atoms with van der Waals surface area (Å²) in [6.45, 7) is 0. The monoisotopic (exact) mass is 465 g/mol. The number of benzene rings is 4. The lowest BCUT2D eigenvalue weighted by molar-refractivity contribution is -0.997. The van der Waals surface area contributed by atoms with Crippen LogP contribution in [0.15, 0.2) is 116 Å². The SMILES string of the molecule is c1cc2c3c(c1)Oc1cccc[n+]1C31c3c(cccc3-n3cc(-c4ccc5ccccc5c4)c[n+]31)O2. The molecule has 3 aliphatic rings. The Morgan fingerprint density at radius 2 is 1.42 bits per heavy atom. The van der Waals surface area contributed by atoms with Gasteiger partial charge in [0.05, 0.1) is 17.8 Å². The molecule has 0 amide bonds. The maximum atomic E-state index is 6.47. The van der Waals surface area contributed by atoms with Gasteiger partial charge in [-0.05, 0) is 57.4 Å². The van der Waals surface area contributed by atoms with E-state index in [1.165, 1.54) is 16.3 Å². The molecular weight excluding hydrogens is 446 g/mol. The fraction of sp³-hybridized carbons (Fsp3) is 0.0323. The zero-order valence-corrected chi connectivity index (χ0v) is 19.1. The average molecular weight is 466 g/mol. The molecule has 0 saturated carbocycles. The summed E-state index contributed by atoms with van der Waals surface area (Å²) in [5.41, 5.74) is 4.91. The minimum absolute atomic E-state index is 0.667. The highest BCUT2D eigenvalue weighted by atomic mass is 16.5. The number of ether oxygens (including phenoxy) is 2. The first-order chi connectivity index (χ1) is 17.8. The lowest BCUT2D eigenvalue weighted by atomic mass is 9.85. The number of pyridine rings is 1. The van der Waals surface area contributed by atoms with E-state index in [1.807, 2.05) is 30.3 Å². The third-order valence-electron chi connectivity index (χ3n) is 7.71. The molecule has 0 aliphatic carbocycles. The highest BCUT2D eigenvalue weighted by Gasteiger charge is 2.71. The van der Waals surface area contributed by atoms with Gasteiger partial charge < -0.3 is 9.47 Å². The van der Waals surface area contributed by atoms with Gasteiger partial charge in [-0.2, -0.15) is 0 Å². The third kappa shape index (κ3) is 2.04. The molecule has 2 aromatic heterocycles. The quantitative estimate of drug-likeness (QED) is 0.292. The van der Waals surface area contributed by atoms with Crippen molar-refractivity contribution in [2.45, 2.75) is 5.66 Å². The Hall–Kier alpha value is -4.90. The topological polar surface area (TPSA) is 31.1 Å². The number of aromatic nitrogens is 3. The summed E-state index contributed by atoms with van der Waals surface area (Å²) in [4.78, 5) is 0. The van der Waals surface area contributed by atoms with Gasteiger partial charge in [-0.3, -0.25) is 0 Å². The fourth-order valence-electron chi connectivity index (χ4n) is 6.26. The van der Waals surface area contributed by atoms with Gasteiger partial charge in [0.2, 0.25) is 6.20 Å². The van der Waals surface area contributed by atoms with Gasteiger partial charge in [0, 0.05) is 6.07 Å². The zero-order chi connectivity index (χ0) is 23.4. The number of hydrogen-bond acceptors (Lipinski definition) is 2. The smallest absolute Gasteiger partial charge is 0.452 e. The molecule has 9 rings (SSSR count). The van der Waals surface area contributed by atoms with Crippen molar-refractivity contribution in [3.8, 4) is 39.9 Å². The van der Waals surface area contributed by atoms with Crippen molar-refractivity contribution in [2.24, 2.45) is 0 Å². The molecule has 0 fully saturated rings. The van der Waals surface area contributed by atoms with Crippen LogP contribution < -0.4 is 18.7 Å². The van der Waals surface area contributed by atoms with E-state index in [0.29, 0.717) is 0 Å². The summed E-state index contributed by atoms with van der Waals surface area (Å²) in [6.07, 6.45) is 6.59. The molecule has 0 saturated heterocycles. The van der Waals surface area contributed by atoms with Crippen LogP contribution in [0.3, 0.4) is 0 Å². The van der Waals surface area contributed by atoms with Crippen molar-refractivity contribution >= 4 is 10.8 Å². The molecule has 1 unspecified atom stereocenters. The normalized spacial score (nSPS) is 17.4. The van der Waals surface area contributed by atoms with Crippen LogP contribution in [0.5, 0.6) is 23.1 Å². The van der Waals surface area contributed by atoms with Crippen LogP contribution >= 0.6 is 0 Å². The van der Waals surface area contributed by atoms with Gasteiger partial charge in [-0.1, -0.05) is 53.1 Å². The van der Waals surface area contributed by atoms with Crippen molar-refractivity contribution in [1.82, 2.24) is 4.68 Å². The van der Waals surface area contributed by atoms with Crippen LogP contribution in [0.2, 0.25) is 0 Å². The first-order valence-corrected chi connectivity index (χ1v) is 12.1. The maximum Gasteiger partial charge on any atom is 0.452 e. The minimum atomic E-state index is -0.667. The van der Waals surface area contributed by atoms with E-state index in [-0.39, 0.29) is 0 Å². The van der Waals surface area contributed by atoms with Crippen LogP contribution in [-0.2, 0) is 5.66 Å². The molecule has 0 bridgehead atoms. The molecule has 5 heterocycles. The van der Waals surface area contributed by atoms with Crippen LogP contribution in [-0.4, -0.2) is 4.68 Å². The first kappa shape index (κ1) is 18.4. The Balaban J connectivity index is 1.41. The summed E-state index contributed by atoms with van der Waals surface area (Å²) >= 11 is 0. The van der Waals surface area contributed by atoms with E-state index < -0.39 is 5.66 Å². The van der Waals surface area contributed by atoms with Crippen LogP contribution in [0.25, 0.3) is 27.6 Å². The Morgan fingerprint density at radius 3 is 2.33 bits per heavy atom. The second-order valence-electron chi connectivity index (χ2n) is 9.53. The van der Waals surface area contributed by atoms with Crippen molar-refractivity contribution in [2.75, 3.05) is 0 Å². The Bertz CT molecular complexity index is 1910. The highest BCUT2D eigenvalue weighted by molar-refractivity contribution is 5.87. The number of fused-ring (bicyclic) bond motifs is 4. The van der Waals surface area contributed by atoms with Crippen LogP contribution in [0.1, 0.15) is 11.1 Å². The minimum Gasteiger partial charge on any atom is -0.455 e. The summed E-state index contributed by atoms with van der Waals surface area (Å²) < 4.78 is 19.7. The van der Waals surface area contributed by atoms with E-state index in [4.69, 9.17) is 9.47 Å². The molecule has 0 radical (unpaired) electrons. The molecule has 3 aliphatic heterocycles. The molecule has 1 spiro atoms. The van der Waals surface area contributed by atoms with Gasteiger partial charge >= 0.3 is 11.5 Å². The molecular formula is C31H19N3O2+2. The lowest BCUT2D eigenvalue weighted by Crippen LogP contribution is -2.75. The summed E-state index contributed by atoms with van der Waals surface area (Å²) in [7, 11) is 0. The first-order valence-electron chi connectivity index (χ1n) is 12.1. The van der Waals surface area contributed by atoms with E-state index >= 15 is 0 Å². The molecule has 0 N–H and O–H groups in total. The van der Waals surface area contributed by atoms with E-state index in [2.05, 4.69) is 99.3 Å². The number of rotatable bonds is 1. The van der Waals surface area contributed by atoms with E-state index in [9.17, 15) is 0 Å². The van der Waals surface area contributed by atoms with E-state index in [1.54, 1.807) is 0 Å². The van der Waals surface area contributed by atoms with E-state index in [0.717, 1.165) is 45.5 Å².